The van der Waals surface area contributed by atoms with Gasteiger partial charge in [-0.15, -0.1) is 0 Å². The number of hydrogen-bond acceptors (Lipinski definition) is 9. The van der Waals surface area contributed by atoms with Gasteiger partial charge in [0.1, 0.15) is 24.7 Å². The summed E-state index contributed by atoms with van der Waals surface area (Å²) in [5, 5.41) is 29.8. The standard InChI is InChI=1S/C10H17N3O6S.C5H10O3/c11-5(10(18)19)1-2-7(14)13-6(4-20)9(17)12-3-8(15)16;1-3-8-5(7)4(2)6/h5-6,20H,1-4,11H2,(H,12,17)(H,13,14)(H,15,16)(H,18,19);4,6H,3H2,1-2H3. The Labute approximate surface area is 167 Å². The number of carbonyl (C=O) groups excluding carboxylic acids is 3. The molecule has 0 aliphatic carbocycles. The van der Waals surface area contributed by atoms with Crippen LogP contribution in [0.1, 0.15) is 26.7 Å². The highest BCUT2D eigenvalue weighted by Crippen LogP contribution is 1.97. The molecule has 162 valence electrons. The molecule has 0 aromatic rings. The zero-order chi connectivity index (χ0) is 22.3. The average Bonchev–Trinajstić information content (AvgIpc) is 2.62. The fraction of sp³-hybridized carbons (Fsp3) is 0.667. The molecular weight excluding hydrogens is 398 g/mol. The molecule has 0 aromatic carbocycles. The van der Waals surface area contributed by atoms with E-state index in [0.29, 0.717) is 6.61 Å². The molecule has 0 saturated carbocycles. The number of amides is 2. The SMILES string of the molecule is CCOC(=O)C(C)O.NC(CCC(=O)NC(CS)C(=O)NCC(=O)O)C(=O)O. The molecule has 3 unspecified atom stereocenters. The van der Waals surface area contributed by atoms with Gasteiger partial charge in [0.05, 0.1) is 6.61 Å². The Hall–Kier alpha value is -2.38. The molecule has 3 atom stereocenters. The van der Waals surface area contributed by atoms with E-state index < -0.39 is 54.5 Å². The monoisotopic (exact) mass is 425 g/mol. The Morgan fingerprint density at radius 2 is 1.75 bits per heavy atom. The minimum absolute atomic E-state index is 0.0256. The molecule has 0 aliphatic rings. The lowest BCUT2D eigenvalue weighted by Gasteiger charge is -2.16. The highest BCUT2D eigenvalue weighted by atomic mass is 32.1. The number of aliphatic carboxylic acids is 2. The fourth-order valence-corrected chi connectivity index (χ4v) is 1.68. The van der Waals surface area contributed by atoms with Crippen molar-refractivity contribution >= 4 is 42.4 Å². The Kier molecular flexibility index (Phi) is 15.6. The van der Waals surface area contributed by atoms with Gasteiger partial charge in [0.25, 0.3) is 0 Å². The molecule has 0 heterocycles. The van der Waals surface area contributed by atoms with Gasteiger partial charge in [0.2, 0.25) is 11.8 Å². The van der Waals surface area contributed by atoms with Crippen LogP contribution < -0.4 is 16.4 Å². The Morgan fingerprint density at radius 1 is 1.18 bits per heavy atom. The van der Waals surface area contributed by atoms with Gasteiger partial charge in [-0.2, -0.15) is 12.6 Å². The van der Waals surface area contributed by atoms with Crippen molar-refractivity contribution < 1.29 is 44.0 Å². The van der Waals surface area contributed by atoms with E-state index >= 15 is 0 Å². The summed E-state index contributed by atoms with van der Waals surface area (Å²) in [6, 6.07) is -2.15. The van der Waals surface area contributed by atoms with E-state index in [-0.39, 0.29) is 18.6 Å². The number of thiol groups is 1. The van der Waals surface area contributed by atoms with Crippen LogP contribution in [-0.4, -0.2) is 82.1 Å². The van der Waals surface area contributed by atoms with Gasteiger partial charge in [-0.3, -0.25) is 19.2 Å². The lowest BCUT2D eigenvalue weighted by atomic mass is 10.1. The molecule has 0 bridgehead atoms. The molecule has 0 spiro atoms. The number of rotatable bonds is 11. The number of esters is 1. The van der Waals surface area contributed by atoms with Crippen LogP contribution in [0.4, 0.5) is 0 Å². The lowest BCUT2D eigenvalue weighted by molar-refractivity contribution is -0.152. The first-order valence-electron chi connectivity index (χ1n) is 8.18. The van der Waals surface area contributed by atoms with Crippen molar-refractivity contribution in [2.75, 3.05) is 18.9 Å². The maximum Gasteiger partial charge on any atom is 0.334 e. The number of ether oxygens (including phenoxy) is 1. The summed E-state index contributed by atoms with van der Waals surface area (Å²) in [4.78, 5) is 54.0. The van der Waals surface area contributed by atoms with Crippen LogP contribution in [0.5, 0.6) is 0 Å². The largest absolute Gasteiger partial charge is 0.480 e. The molecule has 0 saturated heterocycles. The fourth-order valence-electron chi connectivity index (χ4n) is 1.42. The van der Waals surface area contributed by atoms with Crippen LogP contribution in [-0.2, 0) is 28.7 Å². The van der Waals surface area contributed by atoms with Gasteiger partial charge in [0, 0.05) is 12.2 Å². The van der Waals surface area contributed by atoms with E-state index in [2.05, 4.69) is 28.0 Å². The van der Waals surface area contributed by atoms with E-state index in [4.69, 9.17) is 21.1 Å². The molecule has 28 heavy (non-hydrogen) atoms. The first-order chi connectivity index (χ1) is 13.0. The average molecular weight is 425 g/mol. The predicted molar refractivity (Wildman–Crippen MR) is 99.6 cm³/mol. The predicted octanol–water partition coefficient (Wildman–Crippen LogP) is -2.28. The van der Waals surface area contributed by atoms with Crippen molar-refractivity contribution in [3.8, 4) is 0 Å². The Bertz CT molecular complexity index is 543. The summed E-state index contributed by atoms with van der Waals surface area (Å²) in [6.07, 6.45) is -1.23. The number of nitrogens with one attached hydrogen (secondary N) is 2. The third-order valence-corrected chi connectivity index (χ3v) is 3.24. The molecule has 13 heteroatoms. The second-order valence-corrected chi connectivity index (χ2v) is 5.69. The Balaban J connectivity index is 0. The molecule has 0 fully saturated rings. The van der Waals surface area contributed by atoms with E-state index in [9.17, 15) is 24.0 Å². The number of carboxylic acid groups (broad SMARTS) is 2. The van der Waals surface area contributed by atoms with Crippen LogP contribution in [0.3, 0.4) is 0 Å². The first kappa shape index (κ1) is 27.8. The molecule has 2 amide bonds. The first-order valence-corrected chi connectivity index (χ1v) is 8.82. The lowest BCUT2D eigenvalue weighted by Crippen LogP contribution is -2.49. The van der Waals surface area contributed by atoms with Gasteiger partial charge in [-0.05, 0) is 20.3 Å². The molecule has 0 aromatic heterocycles. The van der Waals surface area contributed by atoms with Crippen molar-refractivity contribution in [1.82, 2.24) is 10.6 Å². The minimum atomic E-state index is -1.22. The van der Waals surface area contributed by atoms with Gasteiger partial charge < -0.3 is 36.4 Å². The third-order valence-electron chi connectivity index (χ3n) is 2.88. The van der Waals surface area contributed by atoms with Gasteiger partial charge in [-0.1, -0.05) is 0 Å². The highest BCUT2D eigenvalue weighted by Gasteiger charge is 2.20. The zero-order valence-corrected chi connectivity index (χ0v) is 16.5. The van der Waals surface area contributed by atoms with Gasteiger partial charge >= 0.3 is 17.9 Å². The summed E-state index contributed by atoms with van der Waals surface area (Å²) in [5.74, 6) is -4.27. The quantitative estimate of drug-likeness (QED) is 0.139. The molecular formula is C15H27N3O9S. The number of hydrogen-bond donors (Lipinski definition) is 7. The highest BCUT2D eigenvalue weighted by molar-refractivity contribution is 7.80. The number of carbonyl (C=O) groups is 5. The maximum atomic E-state index is 11.5. The van der Waals surface area contributed by atoms with Crippen LogP contribution in [0.15, 0.2) is 0 Å². The molecule has 0 aliphatic heterocycles. The molecule has 12 nitrogen and oxygen atoms in total. The summed E-state index contributed by atoms with van der Waals surface area (Å²) in [6.45, 7) is 2.82. The van der Waals surface area contributed by atoms with Crippen molar-refractivity contribution in [2.45, 2.75) is 44.9 Å². The summed E-state index contributed by atoms with van der Waals surface area (Å²) in [5.41, 5.74) is 5.23. The van der Waals surface area contributed by atoms with Gasteiger partial charge in [-0.25, -0.2) is 4.79 Å². The van der Waals surface area contributed by atoms with Crippen LogP contribution in [0.25, 0.3) is 0 Å². The topological polar surface area (TPSA) is 205 Å². The van der Waals surface area contributed by atoms with Crippen molar-refractivity contribution in [1.29, 1.82) is 0 Å². The van der Waals surface area contributed by atoms with Crippen LogP contribution >= 0.6 is 12.6 Å². The number of carboxylic acids is 2. The Morgan fingerprint density at radius 3 is 2.11 bits per heavy atom. The van der Waals surface area contributed by atoms with Crippen molar-refractivity contribution in [3.05, 3.63) is 0 Å². The second-order valence-electron chi connectivity index (χ2n) is 5.33. The van der Waals surface area contributed by atoms with E-state index in [0.717, 1.165) is 0 Å². The van der Waals surface area contributed by atoms with Crippen LogP contribution in [0.2, 0.25) is 0 Å². The molecule has 7 N–H and O–H groups in total. The number of aliphatic hydroxyl groups is 1. The zero-order valence-electron chi connectivity index (χ0n) is 15.6. The number of nitrogens with two attached hydrogens (primary N) is 1. The van der Waals surface area contributed by atoms with E-state index in [1.807, 2.05) is 0 Å². The van der Waals surface area contributed by atoms with Crippen LogP contribution in [0, 0.1) is 0 Å². The maximum absolute atomic E-state index is 11.5. The molecule has 0 rings (SSSR count). The minimum Gasteiger partial charge on any atom is -0.480 e. The summed E-state index contributed by atoms with van der Waals surface area (Å²) < 4.78 is 4.41. The number of aliphatic hydroxyl groups excluding tert-OH is 1. The summed E-state index contributed by atoms with van der Waals surface area (Å²) >= 11 is 3.87. The van der Waals surface area contributed by atoms with Gasteiger partial charge in [0.15, 0.2) is 0 Å². The normalized spacial score (nSPS) is 13.0. The van der Waals surface area contributed by atoms with Crippen molar-refractivity contribution in [2.24, 2.45) is 5.73 Å². The second kappa shape index (κ2) is 15.7. The van der Waals surface area contributed by atoms with Crippen molar-refractivity contribution in [3.63, 3.8) is 0 Å². The summed E-state index contributed by atoms with van der Waals surface area (Å²) in [7, 11) is 0. The smallest absolute Gasteiger partial charge is 0.334 e. The van der Waals surface area contributed by atoms with E-state index in [1.54, 1.807) is 6.92 Å². The third kappa shape index (κ3) is 14.8. The van der Waals surface area contributed by atoms with E-state index in [1.165, 1.54) is 6.92 Å². The molecule has 0 radical (unpaired) electrons.